The Morgan fingerprint density at radius 1 is 1.20 bits per heavy atom. The quantitative estimate of drug-likeness (QED) is 0.905. The number of ether oxygens (including phenoxy) is 1. The molecule has 0 bridgehead atoms. The summed E-state index contributed by atoms with van der Waals surface area (Å²) < 4.78 is 5.17. The molecule has 3 heteroatoms. The Balaban J connectivity index is 2.28. The average Bonchev–Trinajstić information content (AvgIpc) is 2.46. The van der Waals surface area contributed by atoms with Gasteiger partial charge >= 0.3 is 5.97 Å². The molecule has 0 spiro atoms. The number of carboxylic acid groups (broad SMARTS) is 1. The van der Waals surface area contributed by atoms with Gasteiger partial charge in [-0.25, -0.2) is 0 Å². The summed E-state index contributed by atoms with van der Waals surface area (Å²) in [6, 6.07) is 15.1. The highest BCUT2D eigenvalue weighted by Crippen LogP contribution is 2.25. The number of carboxylic acids is 1. The molecular formula is C17H18O3. The Kier molecular flexibility index (Phi) is 4.41. The summed E-state index contributed by atoms with van der Waals surface area (Å²) in [5, 5.41) is 9.45. The second kappa shape index (κ2) is 6.24. The number of hydrogen-bond donors (Lipinski definition) is 1. The van der Waals surface area contributed by atoms with Crippen molar-refractivity contribution in [3.05, 3.63) is 65.2 Å². The van der Waals surface area contributed by atoms with E-state index in [-0.39, 0.29) is 0 Å². The highest BCUT2D eigenvalue weighted by Gasteiger charge is 2.20. The van der Waals surface area contributed by atoms with Crippen molar-refractivity contribution >= 4 is 5.97 Å². The van der Waals surface area contributed by atoms with Crippen LogP contribution in [0.2, 0.25) is 0 Å². The maximum absolute atomic E-state index is 11.5. The molecule has 0 heterocycles. The molecule has 0 aliphatic heterocycles. The van der Waals surface area contributed by atoms with Crippen molar-refractivity contribution in [2.75, 3.05) is 7.11 Å². The van der Waals surface area contributed by atoms with E-state index >= 15 is 0 Å². The molecule has 0 aliphatic carbocycles. The Morgan fingerprint density at radius 3 is 2.45 bits per heavy atom. The summed E-state index contributed by atoms with van der Waals surface area (Å²) in [5.74, 6) is -0.535. The van der Waals surface area contributed by atoms with Gasteiger partial charge in [0, 0.05) is 0 Å². The standard InChI is InChI=1S/C17H18O3/c1-12-10-15(20-2)9-8-14(12)11-16(17(18)19)13-6-4-3-5-7-13/h3-10,16H,11H2,1-2H3,(H,18,19). The van der Waals surface area contributed by atoms with Gasteiger partial charge in [-0.15, -0.1) is 0 Å². The van der Waals surface area contributed by atoms with E-state index in [4.69, 9.17) is 4.74 Å². The van der Waals surface area contributed by atoms with Crippen molar-refractivity contribution in [3.63, 3.8) is 0 Å². The van der Waals surface area contributed by atoms with E-state index < -0.39 is 11.9 Å². The lowest BCUT2D eigenvalue weighted by atomic mass is 9.90. The van der Waals surface area contributed by atoms with Crippen LogP contribution in [-0.4, -0.2) is 18.2 Å². The molecule has 0 amide bonds. The van der Waals surface area contributed by atoms with Crippen molar-refractivity contribution in [1.29, 1.82) is 0 Å². The molecule has 0 fully saturated rings. The zero-order valence-electron chi connectivity index (χ0n) is 11.7. The topological polar surface area (TPSA) is 46.5 Å². The molecule has 0 saturated heterocycles. The third-order valence-corrected chi connectivity index (χ3v) is 3.47. The Labute approximate surface area is 118 Å². The van der Waals surface area contributed by atoms with E-state index in [2.05, 4.69) is 0 Å². The van der Waals surface area contributed by atoms with Gasteiger partial charge in [-0.05, 0) is 42.2 Å². The first-order valence-corrected chi connectivity index (χ1v) is 6.53. The first kappa shape index (κ1) is 14.1. The van der Waals surface area contributed by atoms with Crippen LogP contribution in [0.15, 0.2) is 48.5 Å². The Hall–Kier alpha value is -2.29. The van der Waals surface area contributed by atoms with Crippen molar-refractivity contribution in [2.45, 2.75) is 19.3 Å². The molecule has 2 rings (SSSR count). The fourth-order valence-electron chi connectivity index (χ4n) is 2.28. The van der Waals surface area contributed by atoms with Gasteiger partial charge in [0.05, 0.1) is 13.0 Å². The second-order valence-corrected chi connectivity index (χ2v) is 4.80. The van der Waals surface area contributed by atoms with Crippen molar-refractivity contribution < 1.29 is 14.6 Å². The minimum Gasteiger partial charge on any atom is -0.497 e. The lowest BCUT2D eigenvalue weighted by molar-refractivity contribution is -0.138. The van der Waals surface area contributed by atoms with Crippen molar-refractivity contribution in [3.8, 4) is 5.75 Å². The van der Waals surface area contributed by atoms with Crippen LogP contribution in [0, 0.1) is 6.92 Å². The van der Waals surface area contributed by atoms with Crippen LogP contribution in [0.5, 0.6) is 5.75 Å². The number of methoxy groups -OCH3 is 1. The largest absolute Gasteiger partial charge is 0.497 e. The van der Waals surface area contributed by atoms with E-state index in [1.807, 2.05) is 55.5 Å². The first-order valence-electron chi connectivity index (χ1n) is 6.53. The maximum Gasteiger partial charge on any atom is 0.311 e. The predicted octanol–water partition coefficient (Wildman–Crippen LogP) is 3.41. The number of hydrogen-bond acceptors (Lipinski definition) is 2. The Morgan fingerprint density at radius 2 is 1.90 bits per heavy atom. The van der Waals surface area contributed by atoms with E-state index in [0.29, 0.717) is 6.42 Å². The molecular weight excluding hydrogens is 252 g/mol. The van der Waals surface area contributed by atoms with E-state index in [9.17, 15) is 9.90 Å². The lowest BCUT2D eigenvalue weighted by Crippen LogP contribution is -2.15. The molecule has 3 nitrogen and oxygen atoms in total. The van der Waals surface area contributed by atoms with E-state index in [1.165, 1.54) is 0 Å². The summed E-state index contributed by atoms with van der Waals surface area (Å²) in [7, 11) is 1.62. The average molecular weight is 270 g/mol. The lowest BCUT2D eigenvalue weighted by Gasteiger charge is -2.15. The number of aryl methyl sites for hydroxylation is 1. The number of benzene rings is 2. The minimum absolute atomic E-state index is 0.481. The molecule has 0 radical (unpaired) electrons. The molecule has 0 aliphatic rings. The van der Waals surface area contributed by atoms with Crippen LogP contribution in [0.25, 0.3) is 0 Å². The molecule has 1 unspecified atom stereocenters. The van der Waals surface area contributed by atoms with Crippen LogP contribution in [0.4, 0.5) is 0 Å². The summed E-state index contributed by atoms with van der Waals surface area (Å²) >= 11 is 0. The van der Waals surface area contributed by atoms with E-state index in [1.54, 1.807) is 7.11 Å². The molecule has 2 aromatic rings. The summed E-state index contributed by atoms with van der Waals surface area (Å²) in [5.41, 5.74) is 2.91. The second-order valence-electron chi connectivity index (χ2n) is 4.80. The van der Waals surface area contributed by atoms with Gasteiger partial charge in [0.1, 0.15) is 5.75 Å². The van der Waals surface area contributed by atoms with Crippen LogP contribution in [-0.2, 0) is 11.2 Å². The summed E-state index contributed by atoms with van der Waals surface area (Å²) in [4.78, 5) is 11.5. The SMILES string of the molecule is COc1ccc(CC(C(=O)O)c2ccccc2)c(C)c1. The van der Waals surface area contributed by atoms with Gasteiger partial charge in [-0.2, -0.15) is 0 Å². The molecule has 1 atom stereocenters. The minimum atomic E-state index is -0.800. The molecule has 104 valence electrons. The van der Waals surface area contributed by atoms with Crippen molar-refractivity contribution in [2.24, 2.45) is 0 Å². The van der Waals surface area contributed by atoms with Gasteiger partial charge in [-0.1, -0.05) is 36.4 Å². The highest BCUT2D eigenvalue weighted by molar-refractivity contribution is 5.76. The van der Waals surface area contributed by atoms with Crippen LogP contribution in [0.3, 0.4) is 0 Å². The fourth-order valence-corrected chi connectivity index (χ4v) is 2.28. The van der Waals surface area contributed by atoms with Crippen LogP contribution < -0.4 is 4.74 Å². The predicted molar refractivity (Wildman–Crippen MR) is 78.3 cm³/mol. The van der Waals surface area contributed by atoms with Gasteiger partial charge in [-0.3, -0.25) is 4.79 Å². The van der Waals surface area contributed by atoms with Crippen LogP contribution in [0.1, 0.15) is 22.6 Å². The van der Waals surface area contributed by atoms with Gasteiger partial charge in [0.25, 0.3) is 0 Å². The zero-order valence-corrected chi connectivity index (χ0v) is 11.7. The van der Waals surface area contributed by atoms with Crippen LogP contribution >= 0.6 is 0 Å². The first-order chi connectivity index (χ1) is 9.61. The van der Waals surface area contributed by atoms with E-state index in [0.717, 1.165) is 22.4 Å². The molecule has 0 saturated carbocycles. The molecule has 2 aromatic carbocycles. The maximum atomic E-state index is 11.5. The molecule has 1 N–H and O–H groups in total. The normalized spacial score (nSPS) is 11.9. The third-order valence-electron chi connectivity index (χ3n) is 3.47. The monoisotopic (exact) mass is 270 g/mol. The number of carbonyl (C=O) groups is 1. The van der Waals surface area contributed by atoms with Gasteiger partial charge in [0.2, 0.25) is 0 Å². The number of rotatable bonds is 5. The summed E-state index contributed by atoms with van der Waals surface area (Å²) in [6.07, 6.45) is 0.481. The van der Waals surface area contributed by atoms with Crippen molar-refractivity contribution in [1.82, 2.24) is 0 Å². The summed E-state index contributed by atoms with van der Waals surface area (Å²) in [6.45, 7) is 1.97. The van der Waals surface area contributed by atoms with Gasteiger partial charge < -0.3 is 9.84 Å². The molecule has 20 heavy (non-hydrogen) atoms. The zero-order chi connectivity index (χ0) is 14.5. The Bertz CT molecular complexity index is 590. The smallest absolute Gasteiger partial charge is 0.311 e. The number of aliphatic carboxylic acids is 1. The molecule has 0 aromatic heterocycles. The highest BCUT2D eigenvalue weighted by atomic mass is 16.5. The third kappa shape index (κ3) is 3.18. The van der Waals surface area contributed by atoms with Gasteiger partial charge in [0.15, 0.2) is 0 Å². The fraction of sp³-hybridized carbons (Fsp3) is 0.235.